The number of benzene rings is 8. The molecule has 0 N–H and O–H groups in total. The van der Waals surface area contributed by atoms with E-state index in [1.165, 1.54) is 0 Å². The molecule has 57 heavy (non-hydrogen) atoms. The summed E-state index contributed by atoms with van der Waals surface area (Å²) < 4.78 is 2.38. The Hall–Kier alpha value is -7.76. The zero-order valence-corrected chi connectivity index (χ0v) is 31.1. The van der Waals surface area contributed by atoms with Gasteiger partial charge in [-0.05, 0) is 103 Å². The molecule has 8 aromatic carbocycles. The Morgan fingerprint density at radius 3 is 1.11 bits per heavy atom. The molecular formula is C52H37N5. The minimum Gasteiger partial charge on any atom is -0.310 e. The van der Waals surface area contributed by atoms with Crippen molar-refractivity contribution in [2.75, 3.05) is 9.80 Å². The highest BCUT2D eigenvalue weighted by Crippen LogP contribution is 2.42. The highest BCUT2D eigenvalue weighted by atomic mass is 15.1. The number of rotatable bonds is 9. The van der Waals surface area contributed by atoms with Crippen LogP contribution in [0.2, 0.25) is 0 Å². The number of nitrogens with zero attached hydrogens (tertiary/aromatic N) is 5. The molecule has 0 spiro atoms. The molecular weight excluding hydrogens is 695 g/mol. The smallest absolute Gasteiger partial charge is 0.159 e. The van der Waals surface area contributed by atoms with Crippen LogP contribution < -0.4 is 9.80 Å². The molecule has 2 heterocycles. The van der Waals surface area contributed by atoms with Crippen molar-refractivity contribution in [3.8, 4) is 28.2 Å². The van der Waals surface area contributed by atoms with E-state index in [0.717, 1.165) is 84.1 Å². The molecule has 270 valence electrons. The highest BCUT2D eigenvalue weighted by molar-refractivity contribution is 6.12. The first-order valence-electron chi connectivity index (χ1n) is 19.2. The molecule has 5 heteroatoms. The van der Waals surface area contributed by atoms with Crippen molar-refractivity contribution in [2.45, 2.75) is 0 Å². The molecule has 0 aliphatic heterocycles. The largest absolute Gasteiger partial charge is 0.310 e. The number of fused-ring (bicyclic) bond motifs is 3. The zero-order chi connectivity index (χ0) is 38.0. The molecule has 10 aromatic rings. The van der Waals surface area contributed by atoms with Gasteiger partial charge in [0.25, 0.3) is 0 Å². The average Bonchev–Trinajstić information content (AvgIpc) is 3.61. The SMILES string of the molecule is c1ccc(-c2ncc(-c3ccc(-n4c5ccc(N(c6ccccc6)c6ccccc6)cc5c5cc(N(c6ccccc6)c6ccccc6)ccc54)cc3)cn2)cc1. The summed E-state index contributed by atoms with van der Waals surface area (Å²) in [6.07, 6.45) is 3.81. The van der Waals surface area contributed by atoms with E-state index in [4.69, 9.17) is 0 Å². The van der Waals surface area contributed by atoms with Gasteiger partial charge in [-0.15, -0.1) is 0 Å². The summed E-state index contributed by atoms with van der Waals surface area (Å²) >= 11 is 0. The third-order valence-electron chi connectivity index (χ3n) is 10.4. The van der Waals surface area contributed by atoms with Crippen LogP contribution in [-0.4, -0.2) is 14.5 Å². The van der Waals surface area contributed by atoms with Crippen molar-refractivity contribution in [3.05, 3.63) is 225 Å². The molecule has 0 unspecified atom stereocenters. The maximum Gasteiger partial charge on any atom is 0.159 e. The Morgan fingerprint density at radius 1 is 0.316 bits per heavy atom. The molecule has 2 aromatic heterocycles. The Morgan fingerprint density at radius 2 is 0.702 bits per heavy atom. The number of para-hydroxylation sites is 4. The first-order chi connectivity index (χ1) is 28.3. The highest BCUT2D eigenvalue weighted by Gasteiger charge is 2.20. The second-order valence-corrected chi connectivity index (χ2v) is 14.0. The van der Waals surface area contributed by atoms with Gasteiger partial charge in [0.2, 0.25) is 0 Å². The second-order valence-electron chi connectivity index (χ2n) is 14.0. The van der Waals surface area contributed by atoms with E-state index >= 15 is 0 Å². The minimum absolute atomic E-state index is 0.719. The lowest BCUT2D eigenvalue weighted by molar-refractivity contribution is 1.17. The molecule has 0 radical (unpaired) electrons. The molecule has 0 bridgehead atoms. The Balaban J connectivity index is 1.14. The summed E-state index contributed by atoms with van der Waals surface area (Å²) in [6, 6.07) is 74.8. The number of hydrogen-bond donors (Lipinski definition) is 0. The van der Waals surface area contributed by atoms with Crippen LogP contribution >= 0.6 is 0 Å². The van der Waals surface area contributed by atoms with Gasteiger partial charge in [0.05, 0.1) is 11.0 Å². The van der Waals surface area contributed by atoms with E-state index in [2.05, 4.69) is 206 Å². The number of aromatic nitrogens is 3. The average molecular weight is 732 g/mol. The molecule has 5 nitrogen and oxygen atoms in total. The Labute approximate surface area is 332 Å². The van der Waals surface area contributed by atoms with Crippen molar-refractivity contribution in [1.29, 1.82) is 0 Å². The molecule has 0 aliphatic carbocycles. The number of anilines is 6. The van der Waals surface area contributed by atoms with Crippen LogP contribution in [0.25, 0.3) is 50.0 Å². The van der Waals surface area contributed by atoms with Gasteiger partial charge < -0.3 is 14.4 Å². The molecule has 0 aliphatic rings. The predicted octanol–water partition coefficient (Wildman–Crippen LogP) is 13.8. The summed E-state index contributed by atoms with van der Waals surface area (Å²) in [7, 11) is 0. The molecule has 0 amide bonds. The second kappa shape index (κ2) is 14.8. The summed E-state index contributed by atoms with van der Waals surface area (Å²) in [4.78, 5) is 14.0. The van der Waals surface area contributed by atoms with Crippen LogP contribution in [0.3, 0.4) is 0 Å². The van der Waals surface area contributed by atoms with Crippen molar-refractivity contribution in [3.63, 3.8) is 0 Å². The van der Waals surface area contributed by atoms with Crippen LogP contribution in [0.15, 0.2) is 225 Å². The van der Waals surface area contributed by atoms with Crippen LogP contribution in [0.1, 0.15) is 0 Å². The quantitative estimate of drug-likeness (QED) is 0.148. The molecule has 10 rings (SSSR count). The van der Waals surface area contributed by atoms with E-state index in [0.29, 0.717) is 0 Å². The topological polar surface area (TPSA) is 37.2 Å². The summed E-state index contributed by atoms with van der Waals surface area (Å²) in [5.41, 5.74) is 12.9. The number of hydrogen-bond acceptors (Lipinski definition) is 4. The summed E-state index contributed by atoms with van der Waals surface area (Å²) in [6.45, 7) is 0. The molecule has 0 saturated heterocycles. The van der Waals surface area contributed by atoms with Crippen molar-refractivity contribution in [2.24, 2.45) is 0 Å². The lowest BCUT2D eigenvalue weighted by Gasteiger charge is -2.26. The Bertz CT molecular complexity index is 2690. The molecule has 0 fully saturated rings. The third kappa shape index (κ3) is 6.47. The first-order valence-corrected chi connectivity index (χ1v) is 19.2. The lowest BCUT2D eigenvalue weighted by atomic mass is 10.1. The fourth-order valence-electron chi connectivity index (χ4n) is 7.77. The van der Waals surface area contributed by atoms with E-state index in [1.807, 2.05) is 42.7 Å². The minimum atomic E-state index is 0.719. The van der Waals surface area contributed by atoms with E-state index in [-0.39, 0.29) is 0 Å². The van der Waals surface area contributed by atoms with Crippen LogP contribution in [0.5, 0.6) is 0 Å². The zero-order valence-electron chi connectivity index (χ0n) is 31.1. The fraction of sp³-hybridized carbons (Fsp3) is 0. The maximum absolute atomic E-state index is 4.69. The van der Waals surface area contributed by atoms with Gasteiger partial charge >= 0.3 is 0 Å². The monoisotopic (exact) mass is 731 g/mol. The van der Waals surface area contributed by atoms with Gasteiger partial charge in [0.1, 0.15) is 0 Å². The van der Waals surface area contributed by atoms with Gasteiger partial charge in [0, 0.05) is 74.1 Å². The van der Waals surface area contributed by atoms with Gasteiger partial charge in [-0.3, -0.25) is 0 Å². The fourth-order valence-corrected chi connectivity index (χ4v) is 7.77. The first kappa shape index (κ1) is 33.8. The van der Waals surface area contributed by atoms with Crippen molar-refractivity contribution in [1.82, 2.24) is 14.5 Å². The lowest BCUT2D eigenvalue weighted by Crippen LogP contribution is -2.09. The van der Waals surface area contributed by atoms with Gasteiger partial charge in [-0.25, -0.2) is 9.97 Å². The molecule has 0 saturated carbocycles. The maximum atomic E-state index is 4.69. The third-order valence-corrected chi connectivity index (χ3v) is 10.4. The van der Waals surface area contributed by atoms with Crippen molar-refractivity contribution >= 4 is 55.9 Å². The van der Waals surface area contributed by atoms with Crippen LogP contribution in [0.4, 0.5) is 34.1 Å². The van der Waals surface area contributed by atoms with Crippen LogP contribution in [-0.2, 0) is 0 Å². The van der Waals surface area contributed by atoms with Gasteiger partial charge in [0.15, 0.2) is 5.82 Å². The predicted molar refractivity (Wildman–Crippen MR) is 237 cm³/mol. The van der Waals surface area contributed by atoms with Crippen molar-refractivity contribution < 1.29 is 0 Å². The van der Waals surface area contributed by atoms with Gasteiger partial charge in [-0.1, -0.05) is 115 Å². The van der Waals surface area contributed by atoms with Crippen LogP contribution in [0, 0.1) is 0 Å². The van der Waals surface area contributed by atoms with Gasteiger partial charge in [-0.2, -0.15) is 0 Å². The standard InChI is InChI=1S/C52H37N5/c1-6-16-39(17-7-1)52-53-36-40(37-54-52)38-26-28-45(29-27-38)57-50-32-30-46(55(41-18-8-2-9-19-41)42-20-10-3-11-21-42)34-48(50)49-35-47(31-33-51(49)57)56(43-22-12-4-13-23-43)44-24-14-5-15-25-44/h1-37H. The normalized spacial score (nSPS) is 11.2. The van der Waals surface area contributed by atoms with E-state index in [9.17, 15) is 0 Å². The Kier molecular flexibility index (Phi) is 8.78. The molecule has 0 atom stereocenters. The van der Waals surface area contributed by atoms with E-state index < -0.39 is 0 Å². The summed E-state index contributed by atoms with van der Waals surface area (Å²) in [5.74, 6) is 0.719. The summed E-state index contributed by atoms with van der Waals surface area (Å²) in [5, 5.41) is 2.33. The van der Waals surface area contributed by atoms with E-state index in [1.54, 1.807) is 0 Å².